The van der Waals surface area contributed by atoms with E-state index in [-0.39, 0.29) is 18.5 Å². The molecule has 0 fully saturated rings. The number of benzene rings is 2. The maximum Gasteiger partial charge on any atom is 0.317 e. The van der Waals surface area contributed by atoms with Gasteiger partial charge in [-0.2, -0.15) is 0 Å². The van der Waals surface area contributed by atoms with Gasteiger partial charge in [-0.1, -0.05) is 30.0 Å². The van der Waals surface area contributed by atoms with E-state index in [1.54, 1.807) is 6.07 Å². The molecule has 1 atom stereocenters. The number of hydrogen-bond acceptors (Lipinski definition) is 4. The van der Waals surface area contributed by atoms with Gasteiger partial charge in [0.1, 0.15) is 11.6 Å². The van der Waals surface area contributed by atoms with Crippen molar-refractivity contribution in [1.29, 1.82) is 0 Å². The smallest absolute Gasteiger partial charge is 0.317 e. The monoisotopic (exact) mass is 349 g/mol. The van der Waals surface area contributed by atoms with Crippen LogP contribution in [-0.2, 0) is 4.79 Å². The highest BCUT2D eigenvalue weighted by Gasteiger charge is 2.10. The molecule has 0 amide bonds. The fourth-order valence-electron chi connectivity index (χ4n) is 2.07. The van der Waals surface area contributed by atoms with Crippen molar-refractivity contribution in [3.63, 3.8) is 0 Å². The number of halogens is 1. The van der Waals surface area contributed by atoms with Gasteiger partial charge in [0.2, 0.25) is 0 Å². The van der Waals surface area contributed by atoms with E-state index >= 15 is 0 Å². The number of nitrogens with one attached hydrogen (secondary N) is 1. The van der Waals surface area contributed by atoms with Crippen molar-refractivity contribution < 1.29 is 19.0 Å². The van der Waals surface area contributed by atoms with Crippen LogP contribution in [0.4, 0.5) is 4.39 Å². The van der Waals surface area contributed by atoms with Gasteiger partial charge in [-0.3, -0.25) is 4.79 Å². The minimum absolute atomic E-state index is 0.0568. The summed E-state index contributed by atoms with van der Waals surface area (Å²) in [6.45, 7) is 2.44. The van der Waals surface area contributed by atoms with Crippen LogP contribution in [-0.4, -0.2) is 30.3 Å². The average molecular weight is 349 g/mol. The second-order valence-corrected chi connectivity index (χ2v) is 6.41. The standard InChI is InChI=1S/C18H20FNO3S/c1-13(9-10-20-12-18(21)22)23-16-7-2-3-8-17(16)24-15-6-4-5-14(19)11-15/h2-8,11,13,20H,9-10,12H2,1H3,(H,21,22)/t13-/m0/s1. The van der Waals surface area contributed by atoms with E-state index in [2.05, 4.69) is 5.32 Å². The Kier molecular flexibility index (Phi) is 7.08. The van der Waals surface area contributed by atoms with Gasteiger partial charge in [0.05, 0.1) is 17.5 Å². The van der Waals surface area contributed by atoms with Gasteiger partial charge in [0.15, 0.2) is 0 Å². The predicted molar refractivity (Wildman–Crippen MR) is 92.2 cm³/mol. The third-order valence-corrected chi connectivity index (χ3v) is 4.25. The van der Waals surface area contributed by atoms with Crippen molar-refractivity contribution in [2.75, 3.05) is 13.1 Å². The lowest BCUT2D eigenvalue weighted by Crippen LogP contribution is -2.27. The molecule has 0 heterocycles. The van der Waals surface area contributed by atoms with Crippen molar-refractivity contribution in [3.05, 3.63) is 54.3 Å². The lowest BCUT2D eigenvalue weighted by molar-refractivity contribution is -0.135. The number of rotatable bonds is 9. The Hall–Kier alpha value is -2.05. The van der Waals surface area contributed by atoms with Crippen LogP contribution in [0.2, 0.25) is 0 Å². The first-order valence-corrected chi connectivity index (χ1v) is 8.48. The molecule has 128 valence electrons. The highest BCUT2D eigenvalue weighted by molar-refractivity contribution is 7.99. The Morgan fingerprint density at radius 1 is 1.29 bits per heavy atom. The van der Waals surface area contributed by atoms with E-state index in [0.29, 0.717) is 13.0 Å². The normalized spacial score (nSPS) is 11.9. The Labute approximate surface area is 145 Å². The summed E-state index contributed by atoms with van der Waals surface area (Å²) < 4.78 is 19.3. The van der Waals surface area contributed by atoms with Gasteiger partial charge in [-0.05, 0) is 50.2 Å². The molecule has 2 aromatic carbocycles. The van der Waals surface area contributed by atoms with Gasteiger partial charge in [-0.25, -0.2) is 4.39 Å². The van der Waals surface area contributed by atoms with Crippen LogP contribution >= 0.6 is 11.8 Å². The first-order valence-electron chi connectivity index (χ1n) is 7.66. The summed E-state index contributed by atoms with van der Waals surface area (Å²) >= 11 is 1.44. The van der Waals surface area contributed by atoms with E-state index in [1.807, 2.05) is 37.3 Å². The van der Waals surface area contributed by atoms with Crippen LogP contribution < -0.4 is 10.1 Å². The third kappa shape index (κ3) is 6.22. The number of ether oxygens (including phenoxy) is 1. The first-order chi connectivity index (χ1) is 11.5. The van der Waals surface area contributed by atoms with Crippen molar-refractivity contribution >= 4 is 17.7 Å². The van der Waals surface area contributed by atoms with E-state index < -0.39 is 5.97 Å². The minimum atomic E-state index is -0.875. The zero-order chi connectivity index (χ0) is 17.4. The Morgan fingerprint density at radius 3 is 2.83 bits per heavy atom. The highest BCUT2D eigenvalue weighted by Crippen LogP contribution is 2.35. The second-order valence-electron chi connectivity index (χ2n) is 5.29. The van der Waals surface area contributed by atoms with Crippen LogP contribution in [0.1, 0.15) is 13.3 Å². The highest BCUT2D eigenvalue weighted by atomic mass is 32.2. The number of carbonyl (C=O) groups is 1. The van der Waals surface area contributed by atoms with Crippen LogP contribution in [0.15, 0.2) is 58.3 Å². The van der Waals surface area contributed by atoms with Gasteiger partial charge >= 0.3 is 5.97 Å². The molecule has 24 heavy (non-hydrogen) atoms. The zero-order valence-electron chi connectivity index (χ0n) is 13.4. The molecule has 0 saturated carbocycles. The summed E-state index contributed by atoms with van der Waals surface area (Å²) in [6, 6.07) is 14.0. The van der Waals surface area contributed by atoms with Gasteiger partial charge in [0, 0.05) is 4.90 Å². The summed E-state index contributed by atoms with van der Waals surface area (Å²) in [5.41, 5.74) is 0. The summed E-state index contributed by atoms with van der Waals surface area (Å²) in [5, 5.41) is 11.4. The number of carboxylic acid groups (broad SMARTS) is 1. The summed E-state index contributed by atoms with van der Waals surface area (Å²) in [5.74, 6) is -0.408. The fraction of sp³-hybridized carbons (Fsp3) is 0.278. The third-order valence-electron chi connectivity index (χ3n) is 3.21. The Morgan fingerprint density at radius 2 is 2.08 bits per heavy atom. The van der Waals surface area contributed by atoms with Crippen molar-refractivity contribution in [1.82, 2.24) is 5.32 Å². The minimum Gasteiger partial charge on any atom is -0.489 e. The summed E-state index contributed by atoms with van der Waals surface area (Å²) in [6.07, 6.45) is 0.618. The maximum atomic E-state index is 13.3. The summed E-state index contributed by atoms with van der Waals surface area (Å²) in [7, 11) is 0. The molecular formula is C18H20FNO3S. The van der Waals surface area contributed by atoms with E-state index in [0.717, 1.165) is 15.5 Å². The lowest BCUT2D eigenvalue weighted by Gasteiger charge is -2.17. The van der Waals surface area contributed by atoms with Crippen LogP contribution in [0.25, 0.3) is 0 Å². The molecule has 0 aliphatic carbocycles. The van der Waals surface area contributed by atoms with Gasteiger partial charge in [0.25, 0.3) is 0 Å². The predicted octanol–water partition coefficient (Wildman–Crippen LogP) is 3.81. The van der Waals surface area contributed by atoms with Crippen LogP contribution in [0.5, 0.6) is 5.75 Å². The maximum absolute atomic E-state index is 13.3. The number of para-hydroxylation sites is 1. The molecule has 0 aliphatic rings. The Balaban J connectivity index is 1.94. The molecule has 2 aromatic rings. The molecular weight excluding hydrogens is 329 g/mol. The van der Waals surface area contributed by atoms with Crippen molar-refractivity contribution in [2.45, 2.75) is 29.2 Å². The molecule has 0 saturated heterocycles. The molecule has 0 unspecified atom stereocenters. The Bertz CT molecular complexity index is 681. The molecule has 0 aliphatic heterocycles. The van der Waals surface area contributed by atoms with Crippen LogP contribution in [0, 0.1) is 5.82 Å². The van der Waals surface area contributed by atoms with Crippen molar-refractivity contribution in [3.8, 4) is 5.75 Å². The van der Waals surface area contributed by atoms with E-state index in [4.69, 9.17) is 9.84 Å². The molecule has 0 aromatic heterocycles. The number of hydrogen-bond donors (Lipinski definition) is 2. The number of carboxylic acids is 1. The number of aliphatic carboxylic acids is 1. The first kappa shape index (κ1) is 18.3. The van der Waals surface area contributed by atoms with E-state index in [9.17, 15) is 9.18 Å². The molecule has 2 N–H and O–H groups in total. The molecule has 0 radical (unpaired) electrons. The fourth-order valence-corrected chi connectivity index (χ4v) is 3.00. The average Bonchev–Trinajstić information content (AvgIpc) is 2.53. The molecule has 0 bridgehead atoms. The molecule has 2 rings (SSSR count). The van der Waals surface area contributed by atoms with Gasteiger partial charge < -0.3 is 15.2 Å². The lowest BCUT2D eigenvalue weighted by atomic mass is 10.2. The SMILES string of the molecule is C[C@@H](CCNCC(=O)O)Oc1ccccc1Sc1cccc(F)c1. The summed E-state index contributed by atoms with van der Waals surface area (Å²) in [4.78, 5) is 12.2. The zero-order valence-corrected chi connectivity index (χ0v) is 14.2. The molecule has 6 heteroatoms. The quantitative estimate of drug-likeness (QED) is 0.674. The van der Waals surface area contributed by atoms with Gasteiger partial charge in [-0.15, -0.1) is 0 Å². The molecule has 4 nitrogen and oxygen atoms in total. The van der Waals surface area contributed by atoms with Crippen LogP contribution in [0.3, 0.4) is 0 Å². The topological polar surface area (TPSA) is 58.6 Å². The largest absolute Gasteiger partial charge is 0.489 e. The van der Waals surface area contributed by atoms with Crippen molar-refractivity contribution in [2.24, 2.45) is 0 Å². The van der Waals surface area contributed by atoms with E-state index in [1.165, 1.54) is 23.9 Å². The second kappa shape index (κ2) is 9.30. The molecule has 0 spiro atoms.